The number of nitrogens with one attached hydrogen (secondary N) is 1. The Balaban J connectivity index is 1.45. The number of aryl methyl sites for hydroxylation is 1. The number of carbonyl (C=O) groups is 1. The maximum absolute atomic E-state index is 12.4. The second kappa shape index (κ2) is 10.5. The molecule has 0 radical (unpaired) electrons. The molecular weight excluding hydrogens is 408 g/mol. The van der Waals surface area contributed by atoms with Crippen LogP contribution < -0.4 is 20.3 Å². The van der Waals surface area contributed by atoms with Crippen molar-refractivity contribution in [1.29, 1.82) is 0 Å². The normalized spacial score (nSPS) is 11.0. The number of amides is 1. The van der Waals surface area contributed by atoms with E-state index in [1.807, 2.05) is 6.07 Å². The molecule has 0 saturated heterocycles. The van der Waals surface area contributed by atoms with E-state index >= 15 is 0 Å². The molecule has 1 aromatic heterocycles. The van der Waals surface area contributed by atoms with E-state index in [0.717, 1.165) is 5.56 Å². The van der Waals surface area contributed by atoms with Gasteiger partial charge in [-0.1, -0.05) is 18.2 Å². The number of para-hydroxylation sites is 1. The van der Waals surface area contributed by atoms with Gasteiger partial charge in [-0.3, -0.25) is 14.2 Å². The van der Waals surface area contributed by atoms with Crippen molar-refractivity contribution in [3.63, 3.8) is 0 Å². The fourth-order valence-corrected chi connectivity index (χ4v) is 3.17. The number of aromatic nitrogens is 2. The van der Waals surface area contributed by atoms with Crippen molar-refractivity contribution in [3.05, 3.63) is 64.7 Å². The van der Waals surface area contributed by atoms with Crippen LogP contribution in [0.1, 0.15) is 18.4 Å². The molecule has 7 nitrogen and oxygen atoms in total. The number of alkyl halides is 2. The summed E-state index contributed by atoms with van der Waals surface area (Å²) in [5.74, 6) is 0.0358. The number of fused-ring (bicyclic) bond motifs is 1. The van der Waals surface area contributed by atoms with Gasteiger partial charge in [-0.05, 0) is 42.7 Å². The summed E-state index contributed by atoms with van der Waals surface area (Å²) in [4.78, 5) is 28.8. The van der Waals surface area contributed by atoms with E-state index in [0.29, 0.717) is 36.8 Å². The highest BCUT2D eigenvalue weighted by atomic mass is 19.3. The van der Waals surface area contributed by atoms with Crippen LogP contribution in [0.2, 0.25) is 0 Å². The van der Waals surface area contributed by atoms with Crippen LogP contribution in [0, 0.1) is 0 Å². The number of carbonyl (C=O) groups excluding carboxylic acids is 1. The van der Waals surface area contributed by atoms with Crippen LogP contribution in [0.5, 0.6) is 11.5 Å². The van der Waals surface area contributed by atoms with Crippen molar-refractivity contribution in [2.45, 2.75) is 32.4 Å². The molecule has 2 aromatic carbocycles. The number of methoxy groups -OCH3 is 1. The van der Waals surface area contributed by atoms with Crippen LogP contribution >= 0.6 is 0 Å². The number of ether oxygens (including phenoxy) is 2. The lowest BCUT2D eigenvalue weighted by Crippen LogP contribution is -2.26. The summed E-state index contributed by atoms with van der Waals surface area (Å²) in [6, 6.07) is 11.8. The molecule has 1 amide bonds. The van der Waals surface area contributed by atoms with Gasteiger partial charge < -0.3 is 14.8 Å². The lowest BCUT2D eigenvalue weighted by Gasteiger charge is -2.12. The van der Waals surface area contributed by atoms with Crippen LogP contribution in [-0.2, 0) is 17.8 Å². The van der Waals surface area contributed by atoms with E-state index in [4.69, 9.17) is 4.74 Å². The first kappa shape index (κ1) is 22.2. The van der Waals surface area contributed by atoms with Crippen molar-refractivity contribution < 1.29 is 23.0 Å². The van der Waals surface area contributed by atoms with Gasteiger partial charge >= 0.3 is 6.61 Å². The van der Waals surface area contributed by atoms with Crippen LogP contribution in [0.3, 0.4) is 0 Å². The number of hydrogen-bond acceptors (Lipinski definition) is 5. The Morgan fingerprint density at radius 2 is 2.00 bits per heavy atom. The van der Waals surface area contributed by atoms with Crippen molar-refractivity contribution in [2.75, 3.05) is 13.7 Å². The summed E-state index contributed by atoms with van der Waals surface area (Å²) in [5, 5.41) is 3.36. The Labute approximate surface area is 177 Å². The van der Waals surface area contributed by atoms with Gasteiger partial charge in [0, 0.05) is 19.5 Å². The molecule has 3 aromatic rings. The van der Waals surface area contributed by atoms with E-state index in [1.54, 1.807) is 30.3 Å². The van der Waals surface area contributed by atoms with E-state index in [9.17, 15) is 18.4 Å². The molecule has 0 atom stereocenters. The van der Waals surface area contributed by atoms with Gasteiger partial charge in [0.1, 0.15) is 0 Å². The van der Waals surface area contributed by atoms with Gasteiger partial charge in [-0.25, -0.2) is 4.98 Å². The first-order valence-corrected chi connectivity index (χ1v) is 9.80. The average Bonchev–Trinajstić information content (AvgIpc) is 2.76. The van der Waals surface area contributed by atoms with E-state index in [1.165, 1.54) is 24.1 Å². The molecule has 0 aliphatic heterocycles. The maximum atomic E-state index is 12.4. The van der Waals surface area contributed by atoms with Crippen LogP contribution in [0.15, 0.2) is 53.6 Å². The van der Waals surface area contributed by atoms with Gasteiger partial charge in [0.25, 0.3) is 5.56 Å². The minimum atomic E-state index is -2.93. The number of halogens is 2. The quantitative estimate of drug-likeness (QED) is 0.533. The number of benzene rings is 2. The summed E-state index contributed by atoms with van der Waals surface area (Å²) < 4.78 is 35.7. The topological polar surface area (TPSA) is 82.5 Å². The summed E-state index contributed by atoms with van der Waals surface area (Å²) in [6.07, 6.45) is 2.77. The highest BCUT2D eigenvalue weighted by molar-refractivity contribution is 5.77. The van der Waals surface area contributed by atoms with Crippen molar-refractivity contribution in [3.8, 4) is 11.5 Å². The first-order chi connectivity index (χ1) is 15.0. The minimum absolute atomic E-state index is 0.0382. The monoisotopic (exact) mass is 431 g/mol. The Morgan fingerprint density at radius 1 is 1.19 bits per heavy atom. The first-order valence-electron chi connectivity index (χ1n) is 9.80. The molecule has 3 rings (SSSR count). The van der Waals surface area contributed by atoms with E-state index in [-0.39, 0.29) is 29.4 Å². The summed E-state index contributed by atoms with van der Waals surface area (Å²) in [6.45, 7) is -2.15. The highest BCUT2D eigenvalue weighted by Crippen LogP contribution is 2.29. The van der Waals surface area contributed by atoms with Crippen molar-refractivity contribution >= 4 is 16.8 Å². The van der Waals surface area contributed by atoms with Gasteiger partial charge in [0.2, 0.25) is 5.91 Å². The molecule has 0 fully saturated rings. The van der Waals surface area contributed by atoms with Crippen LogP contribution in [0.4, 0.5) is 8.78 Å². The summed E-state index contributed by atoms with van der Waals surface area (Å²) in [5.41, 5.74) is 1.33. The molecule has 31 heavy (non-hydrogen) atoms. The third-order valence-electron chi connectivity index (χ3n) is 4.71. The summed E-state index contributed by atoms with van der Waals surface area (Å²) in [7, 11) is 1.37. The minimum Gasteiger partial charge on any atom is -0.493 e. The van der Waals surface area contributed by atoms with E-state index < -0.39 is 6.61 Å². The second-order valence-corrected chi connectivity index (χ2v) is 6.83. The largest absolute Gasteiger partial charge is 0.493 e. The Bertz CT molecular complexity index is 1100. The molecule has 0 aliphatic rings. The Morgan fingerprint density at radius 3 is 2.77 bits per heavy atom. The van der Waals surface area contributed by atoms with Gasteiger partial charge in [-0.2, -0.15) is 8.78 Å². The van der Waals surface area contributed by atoms with E-state index in [2.05, 4.69) is 15.0 Å². The molecule has 0 spiro atoms. The average molecular weight is 431 g/mol. The molecule has 0 bridgehead atoms. The molecule has 0 saturated carbocycles. The standard InChI is InChI=1S/C22H23F2N3O4/c1-30-19-13-15(8-9-18(19)31-22(23)24)10-11-25-20(28)7-4-12-27-14-26-17-6-3-2-5-16(17)21(27)29/h2-3,5-6,8-9,13-14,22H,4,7,10-12H2,1H3,(H,25,28). The molecular formula is C22H23F2N3O4. The van der Waals surface area contributed by atoms with Gasteiger partial charge in [-0.15, -0.1) is 0 Å². The SMILES string of the molecule is COc1cc(CCNC(=O)CCCn2cnc3ccccc3c2=O)ccc1OC(F)F. The second-order valence-electron chi connectivity index (χ2n) is 6.83. The predicted octanol–water partition coefficient (Wildman–Crippen LogP) is 3.15. The third-order valence-corrected chi connectivity index (χ3v) is 4.71. The van der Waals surface area contributed by atoms with Crippen molar-refractivity contribution in [1.82, 2.24) is 14.9 Å². The van der Waals surface area contributed by atoms with Gasteiger partial charge in [0.05, 0.1) is 24.3 Å². The van der Waals surface area contributed by atoms with Crippen molar-refractivity contribution in [2.24, 2.45) is 0 Å². The fourth-order valence-electron chi connectivity index (χ4n) is 3.17. The Kier molecular flexibility index (Phi) is 7.53. The predicted molar refractivity (Wildman–Crippen MR) is 112 cm³/mol. The molecule has 9 heteroatoms. The van der Waals surface area contributed by atoms with Gasteiger partial charge in [0.15, 0.2) is 11.5 Å². The third kappa shape index (κ3) is 6.00. The lowest BCUT2D eigenvalue weighted by atomic mass is 10.1. The Hall–Kier alpha value is -3.49. The summed E-state index contributed by atoms with van der Waals surface area (Å²) >= 11 is 0. The lowest BCUT2D eigenvalue weighted by molar-refractivity contribution is -0.121. The van der Waals surface area contributed by atoms with Crippen LogP contribution in [-0.4, -0.2) is 35.7 Å². The zero-order chi connectivity index (χ0) is 22.2. The smallest absolute Gasteiger partial charge is 0.387 e. The highest BCUT2D eigenvalue weighted by Gasteiger charge is 2.11. The molecule has 1 N–H and O–H groups in total. The number of rotatable bonds is 10. The number of hydrogen-bond donors (Lipinski definition) is 1. The molecule has 0 unspecified atom stereocenters. The molecule has 0 aliphatic carbocycles. The number of nitrogens with zero attached hydrogens (tertiary/aromatic N) is 2. The fraction of sp³-hybridized carbons (Fsp3) is 0.318. The van der Waals surface area contributed by atoms with Crippen LogP contribution in [0.25, 0.3) is 10.9 Å². The molecule has 1 heterocycles. The maximum Gasteiger partial charge on any atom is 0.387 e. The zero-order valence-electron chi connectivity index (χ0n) is 17.0. The molecule has 164 valence electrons. The zero-order valence-corrected chi connectivity index (χ0v) is 17.0.